The van der Waals surface area contributed by atoms with Gasteiger partial charge >= 0.3 is 11.9 Å². The molecule has 4 rings (SSSR count). The lowest BCUT2D eigenvalue weighted by Gasteiger charge is -2.28. The first-order chi connectivity index (χ1) is 21.9. The van der Waals surface area contributed by atoms with Crippen LogP contribution in [-0.2, 0) is 43.2 Å². The fourth-order valence-electron chi connectivity index (χ4n) is 5.28. The minimum Gasteiger partial charge on any atom is -0.465 e. The van der Waals surface area contributed by atoms with Crippen molar-refractivity contribution < 1.29 is 28.1 Å². The van der Waals surface area contributed by atoms with E-state index in [0.29, 0.717) is 46.9 Å². The van der Waals surface area contributed by atoms with Gasteiger partial charge < -0.3 is 24.3 Å². The van der Waals surface area contributed by atoms with Crippen molar-refractivity contribution >= 4 is 64.6 Å². The van der Waals surface area contributed by atoms with Crippen LogP contribution in [0.15, 0.2) is 24.3 Å². The summed E-state index contributed by atoms with van der Waals surface area (Å²) >= 11 is 14.0. The Morgan fingerprint density at radius 2 is 1.28 bits per heavy atom. The lowest BCUT2D eigenvalue weighted by atomic mass is 9.77. The number of ether oxygens (including phenoxy) is 2. The van der Waals surface area contributed by atoms with E-state index in [2.05, 4.69) is 23.2 Å². The number of thiocarbonyl (C=S) groups is 1. The van der Waals surface area contributed by atoms with Crippen molar-refractivity contribution in [3.63, 3.8) is 0 Å². The SMILES string of the molecule is C.CCOP(=S)(S)OCC.CCc1cc(C2CCC2)c(C(N)=S)cc1C(=O)OC.[C-]#[N+]c1cc(C(=O)OC)c(CC)cc1C1CCC1. The quantitative estimate of drug-likeness (QED) is 0.0772. The van der Waals surface area contributed by atoms with Gasteiger partial charge in [0, 0.05) is 5.56 Å². The Bertz CT molecular complexity index is 1460. The molecule has 260 valence electrons. The fourth-order valence-corrected chi connectivity index (χ4v) is 7.51. The normalized spacial score (nSPS) is 13.9. The number of nitrogens with two attached hydrogens (primary N) is 1. The largest absolute Gasteiger partial charge is 0.465 e. The molecule has 47 heavy (non-hydrogen) atoms. The molecule has 0 spiro atoms. The van der Waals surface area contributed by atoms with E-state index in [-0.39, 0.29) is 19.4 Å². The maximum absolute atomic E-state index is 11.8. The molecule has 2 aliphatic carbocycles. The summed E-state index contributed by atoms with van der Waals surface area (Å²) in [6.45, 7) is 16.2. The molecule has 0 bridgehead atoms. The number of methoxy groups -OCH3 is 2. The monoisotopic (exact) mass is 722 g/mol. The van der Waals surface area contributed by atoms with Gasteiger partial charge in [-0.15, -0.1) is 0 Å². The molecule has 2 aromatic rings. The van der Waals surface area contributed by atoms with Crippen LogP contribution in [0.2, 0.25) is 0 Å². The van der Waals surface area contributed by atoms with Gasteiger partial charge in [0.15, 0.2) is 5.69 Å². The number of thiol groups is 1. The Morgan fingerprint density at radius 1 is 0.851 bits per heavy atom. The maximum atomic E-state index is 11.8. The maximum Gasteiger partial charge on any atom is 0.338 e. The Labute approximate surface area is 297 Å². The third-order valence-electron chi connectivity index (χ3n) is 8.16. The van der Waals surface area contributed by atoms with E-state index < -0.39 is 5.69 Å². The van der Waals surface area contributed by atoms with Gasteiger partial charge in [-0.25, -0.2) is 14.4 Å². The standard InChI is InChI=1S/C15H19NO2S.C15H17NO2.C4H11O2PS2.CH4/c1-3-9-7-11(10-5-4-6-10)13(14(16)19)8-12(9)15(17)18-2;1-4-10-8-12(11-6-5-7-11)14(16-2)9-13(10)15(17)18-3;1-3-5-7(8,9)6-4-2;/h7-8,10H,3-6H2,1-2H3,(H2,16,19);8-9,11H,4-7H2,1,3H3;3-4H2,1-2H3,(H,8,9);1H4. The lowest BCUT2D eigenvalue weighted by Crippen LogP contribution is -2.20. The molecule has 2 N–H and O–H groups in total. The molecule has 0 saturated heterocycles. The number of hydrogen-bond donors (Lipinski definition) is 2. The van der Waals surface area contributed by atoms with Crippen LogP contribution in [0.25, 0.3) is 4.85 Å². The summed E-state index contributed by atoms with van der Waals surface area (Å²) < 4.78 is 19.7. The summed E-state index contributed by atoms with van der Waals surface area (Å²) in [4.78, 5) is 27.5. The third-order valence-corrected chi connectivity index (χ3v) is 10.9. The Kier molecular flexibility index (Phi) is 19.0. The minimum atomic E-state index is -2.16. The molecule has 8 nitrogen and oxygen atoms in total. The highest BCUT2D eigenvalue weighted by Crippen LogP contribution is 2.53. The highest BCUT2D eigenvalue weighted by atomic mass is 32.9. The predicted octanol–water partition coefficient (Wildman–Crippen LogP) is 9.64. The molecular formula is C35H51N2O6PS3. The smallest absolute Gasteiger partial charge is 0.338 e. The molecule has 0 heterocycles. The van der Waals surface area contributed by atoms with Crippen molar-refractivity contribution in [2.75, 3.05) is 27.4 Å². The second-order valence-electron chi connectivity index (χ2n) is 10.9. The summed E-state index contributed by atoms with van der Waals surface area (Å²) in [6.07, 6.45) is 8.73. The van der Waals surface area contributed by atoms with E-state index in [9.17, 15) is 9.59 Å². The number of carbonyl (C=O) groups excluding carboxylic acids is 2. The molecule has 0 unspecified atom stereocenters. The first-order valence-corrected chi connectivity index (χ1v) is 19.9. The molecule has 0 aromatic heterocycles. The third kappa shape index (κ3) is 12.0. The van der Waals surface area contributed by atoms with Crippen molar-refractivity contribution in [1.82, 2.24) is 0 Å². The molecule has 0 atom stereocenters. The number of nitrogens with zero attached hydrogens (tertiary/aromatic N) is 1. The van der Waals surface area contributed by atoms with E-state index in [0.717, 1.165) is 47.9 Å². The molecule has 2 aliphatic rings. The Balaban J connectivity index is 0.000000371. The second kappa shape index (κ2) is 20.9. The highest BCUT2D eigenvalue weighted by molar-refractivity contribution is 8.60. The van der Waals surface area contributed by atoms with Crippen molar-refractivity contribution in [3.8, 4) is 0 Å². The van der Waals surface area contributed by atoms with Crippen LogP contribution in [0.5, 0.6) is 0 Å². The number of esters is 2. The van der Waals surface area contributed by atoms with E-state index in [1.54, 1.807) is 12.1 Å². The number of benzene rings is 2. The molecule has 12 heteroatoms. The van der Waals surface area contributed by atoms with Crippen molar-refractivity contribution in [1.29, 1.82) is 0 Å². The summed E-state index contributed by atoms with van der Waals surface area (Å²) in [5, 5.41) is 0. The Hall–Kier alpha value is -2.32. The predicted molar refractivity (Wildman–Crippen MR) is 203 cm³/mol. The molecule has 2 saturated carbocycles. The van der Waals surface area contributed by atoms with Gasteiger partial charge in [0.05, 0.1) is 45.1 Å². The van der Waals surface area contributed by atoms with E-state index in [1.165, 1.54) is 45.5 Å². The average molecular weight is 723 g/mol. The van der Waals surface area contributed by atoms with Gasteiger partial charge in [-0.3, -0.25) is 0 Å². The number of aryl methyl sites for hydroxylation is 2. The van der Waals surface area contributed by atoms with Crippen LogP contribution >= 0.6 is 30.2 Å². The number of carbonyl (C=O) groups is 2. The van der Waals surface area contributed by atoms with Crippen LogP contribution in [0.1, 0.15) is 134 Å². The number of rotatable bonds is 11. The summed E-state index contributed by atoms with van der Waals surface area (Å²) in [7, 11) is 2.77. The van der Waals surface area contributed by atoms with Crippen LogP contribution < -0.4 is 5.73 Å². The van der Waals surface area contributed by atoms with Gasteiger partial charge in [-0.2, -0.15) is 0 Å². The minimum absolute atomic E-state index is 0. The van der Waals surface area contributed by atoms with E-state index >= 15 is 0 Å². The summed E-state index contributed by atoms with van der Waals surface area (Å²) in [6, 6.07) is 7.63. The zero-order valence-corrected chi connectivity index (χ0v) is 31.1. The van der Waals surface area contributed by atoms with Gasteiger partial charge in [-0.05, 0) is 110 Å². The van der Waals surface area contributed by atoms with Gasteiger partial charge in [0.2, 0.25) is 5.69 Å². The molecular weight excluding hydrogens is 672 g/mol. The molecule has 2 aromatic carbocycles. The highest BCUT2D eigenvalue weighted by Gasteiger charge is 2.26. The Morgan fingerprint density at radius 3 is 1.62 bits per heavy atom. The van der Waals surface area contributed by atoms with Crippen LogP contribution in [0.4, 0.5) is 5.69 Å². The molecule has 0 amide bonds. The lowest BCUT2D eigenvalue weighted by molar-refractivity contribution is 0.0590. The van der Waals surface area contributed by atoms with E-state index in [4.69, 9.17) is 54.9 Å². The molecule has 0 radical (unpaired) electrons. The summed E-state index contributed by atoms with van der Waals surface area (Å²) in [5.74, 6) is 0.367. The molecule has 0 aliphatic heterocycles. The van der Waals surface area contributed by atoms with Gasteiger partial charge in [-0.1, -0.05) is 70.7 Å². The van der Waals surface area contributed by atoms with Crippen LogP contribution in [0, 0.1) is 6.57 Å². The average Bonchev–Trinajstić information content (AvgIpc) is 2.98. The van der Waals surface area contributed by atoms with Crippen molar-refractivity contribution in [2.24, 2.45) is 5.73 Å². The van der Waals surface area contributed by atoms with Crippen LogP contribution in [0.3, 0.4) is 0 Å². The second-order valence-corrected chi connectivity index (χ2v) is 16.6. The van der Waals surface area contributed by atoms with Gasteiger partial charge in [0.25, 0.3) is 0 Å². The van der Waals surface area contributed by atoms with Crippen LogP contribution in [-0.4, -0.2) is 44.4 Å². The zero-order valence-electron chi connectivity index (χ0n) is 27.7. The number of hydrogen-bond acceptors (Lipinski definition) is 8. The van der Waals surface area contributed by atoms with Crippen molar-refractivity contribution in [2.45, 2.75) is 98.3 Å². The van der Waals surface area contributed by atoms with Gasteiger partial charge in [0.1, 0.15) is 4.99 Å². The first-order valence-electron chi connectivity index (χ1n) is 15.7. The fraction of sp³-hybridized carbons (Fsp3) is 0.543. The first kappa shape index (κ1) is 42.7. The topological polar surface area (TPSA) is 101 Å². The van der Waals surface area contributed by atoms with Crippen molar-refractivity contribution in [3.05, 3.63) is 74.6 Å². The van der Waals surface area contributed by atoms with E-state index in [1.807, 2.05) is 33.8 Å². The molecule has 2 fully saturated rings. The summed E-state index contributed by atoms with van der Waals surface area (Å²) in [5.41, 5.74) is 10.5. The zero-order chi connectivity index (χ0) is 34.4.